The zero-order chi connectivity index (χ0) is 11.5. The Hall–Kier alpha value is -1.46. The topological polar surface area (TPSA) is 72.6 Å². The molecule has 0 aromatic heterocycles. The predicted molar refractivity (Wildman–Crippen MR) is 57.3 cm³/mol. The number of ether oxygens (including phenoxy) is 1. The van der Waals surface area contributed by atoms with Crippen LogP contribution >= 0.6 is 0 Å². The van der Waals surface area contributed by atoms with Crippen LogP contribution in [0, 0.1) is 10.1 Å². The van der Waals surface area contributed by atoms with E-state index in [9.17, 15) is 10.1 Å². The van der Waals surface area contributed by atoms with Gasteiger partial charge in [0.2, 0.25) is 0 Å². The van der Waals surface area contributed by atoms with Gasteiger partial charge in [-0.25, -0.2) is 0 Å². The van der Waals surface area contributed by atoms with Crippen molar-refractivity contribution in [3.8, 4) is 0 Å². The lowest BCUT2D eigenvalue weighted by Gasteiger charge is -2.07. The van der Waals surface area contributed by atoms with Crippen LogP contribution in [0.4, 0.5) is 5.69 Å². The van der Waals surface area contributed by atoms with Gasteiger partial charge in [0.25, 0.3) is 5.69 Å². The molecule has 0 unspecified atom stereocenters. The summed E-state index contributed by atoms with van der Waals surface area (Å²) < 4.78 is 5.36. The molecule has 1 aliphatic rings. The monoisotopic (exact) mass is 223 g/mol. The van der Waals surface area contributed by atoms with Crippen molar-refractivity contribution in [2.24, 2.45) is 0 Å². The highest BCUT2D eigenvalue weighted by atomic mass is 16.6. The SMILES string of the molecule is O=[N+]([O-])c1ccc([C@@H]2CO[C@@H](CO)C2)cc1. The minimum atomic E-state index is -0.411. The Kier molecular flexibility index (Phi) is 3.17. The molecule has 1 aromatic carbocycles. The van der Waals surface area contributed by atoms with E-state index in [1.165, 1.54) is 12.1 Å². The second-order valence-corrected chi connectivity index (χ2v) is 3.92. The van der Waals surface area contributed by atoms with Crippen molar-refractivity contribution >= 4 is 5.69 Å². The summed E-state index contributed by atoms with van der Waals surface area (Å²) in [5.41, 5.74) is 1.13. The van der Waals surface area contributed by atoms with Crippen LogP contribution in [-0.4, -0.2) is 29.3 Å². The Bertz CT molecular complexity index is 376. The van der Waals surface area contributed by atoms with Crippen LogP contribution in [0.25, 0.3) is 0 Å². The first-order valence-electron chi connectivity index (χ1n) is 5.17. The molecule has 1 saturated heterocycles. The molecule has 16 heavy (non-hydrogen) atoms. The van der Waals surface area contributed by atoms with Crippen molar-refractivity contribution in [3.05, 3.63) is 39.9 Å². The van der Waals surface area contributed by atoms with Gasteiger partial charge in [-0.1, -0.05) is 12.1 Å². The molecule has 1 heterocycles. The molecule has 1 fully saturated rings. The van der Waals surface area contributed by atoms with E-state index >= 15 is 0 Å². The Morgan fingerprint density at radius 3 is 2.62 bits per heavy atom. The highest BCUT2D eigenvalue weighted by molar-refractivity contribution is 5.34. The van der Waals surface area contributed by atoms with E-state index < -0.39 is 4.92 Å². The maximum Gasteiger partial charge on any atom is 0.269 e. The summed E-state index contributed by atoms with van der Waals surface area (Å²) in [5, 5.41) is 19.4. The van der Waals surface area contributed by atoms with Crippen molar-refractivity contribution in [2.45, 2.75) is 18.4 Å². The molecule has 0 bridgehead atoms. The Balaban J connectivity index is 2.08. The van der Waals surface area contributed by atoms with Gasteiger partial charge >= 0.3 is 0 Å². The molecule has 86 valence electrons. The van der Waals surface area contributed by atoms with E-state index in [4.69, 9.17) is 9.84 Å². The number of non-ortho nitro benzene ring substituents is 1. The summed E-state index contributed by atoms with van der Waals surface area (Å²) in [6.07, 6.45) is 0.675. The third kappa shape index (κ3) is 2.20. The number of nitro groups is 1. The molecule has 5 nitrogen and oxygen atoms in total. The molecule has 0 radical (unpaired) electrons. The van der Waals surface area contributed by atoms with Crippen LogP contribution in [0.5, 0.6) is 0 Å². The molecule has 2 rings (SSSR count). The van der Waals surface area contributed by atoms with Crippen molar-refractivity contribution in [1.82, 2.24) is 0 Å². The average molecular weight is 223 g/mol. The van der Waals surface area contributed by atoms with Crippen molar-refractivity contribution in [1.29, 1.82) is 0 Å². The van der Waals surface area contributed by atoms with Crippen molar-refractivity contribution in [3.63, 3.8) is 0 Å². The highest BCUT2D eigenvalue weighted by Gasteiger charge is 2.26. The summed E-state index contributed by atoms with van der Waals surface area (Å²) in [6, 6.07) is 6.51. The normalized spacial score (nSPS) is 24.6. The maximum absolute atomic E-state index is 10.5. The number of benzene rings is 1. The van der Waals surface area contributed by atoms with Gasteiger partial charge in [0.1, 0.15) is 0 Å². The first-order valence-corrected chi connectivity index (χ1v) is 5.17. The van der Waals surface area contributed by atoms with E-state index in [0.29, 0.717) is 6.61 Å². The molecule has 0 saturated carbocycles. The third-order valence-electron chi connectivity index (χ3n) is 2.86. The van der Waals surface area contributed by atoms with E-state index in [1.54, 1.807) is 12.1 Å². The van der Waals surface area contributed by atoms with Gasteiger partial charge in [-0.3, -0.25) is 10.1 Å². The van der Waals surface area contributed by atoms with E-state index in [-0.39, 0.29) is 24.3 Å². The number of nitro benzene ring substituents is 1. The van der Waals surface area contributed by atoms with Crippen LogP contribution in [0.3, 0.4) is 0 Å². The lowest BCUT2D eigenvalue weighted by Crippen LogP contribution is -2.09. The quantitative estimate of drug-likeness (QED) is 0.622. The van der Waals surface area contributed by atoms with Crippen molar-refractivity contribution in [2.75, 3.05) is 13.2 Å². The lowest BCUT2D eigenvalue weighted by molar-refractivity contribution is -0.384. The van der Waals surface area contributed by atoms with Gasteiger partial charge in [-0.2, -0.15) is 0 Å². The molecular weight excluding hydrogens is 210 g/mol. The number of rotatable bonds is 3. The summed E-state index contributed by atoms with van der Waals surface area (Å²) in [4.78, 5) is 10.1. The zero-order valence-corrected chi connectivity index (χ0v) is 8.70. The first-order chi connectivity index (χ1) is 7.70. The largest absolute Gasteiger partial charge is 0.394 e. The van der Waals surface area contributed by atoms with E-state index in [0.717, 1.165) is 12.0 Å². The summed E-state index contributed by atoms with van der Waals surface area (Å²) in [5.74, 6) is 0.234. The molecule has 2 atom stereocenters. The fourth-order valence-electron chi connectivity index (χ4n) is 1.93. The Morgan fingerprint density at radius 1 is 1.44 bits per heavy atom. The second-order valence-electron chi connectivity index (χ2n) is 3.92. The van der Waals surface area contributed by atoms with Gasteiger partial charge in [0, 0.05) is 18.1 Å². The second kappa shape index (κ2) is 4.59. The lowest BCUT2D eigenvalue weighted by atomic mass is 9.96. The Labute approximate surface area is 92.8 Å². The predicted octanol–water partition coefficient (Wildman–Crippen LogP) is 1.46. The van der Waals surface area contributed by atoms with Crippen LogP contribution in [-0.2, 0) is 4.74 Å². The summed E-state index contributed by atoms with van der Waals surface area (Å²) >= 11 is 0. The number of aliphatic hydroxyl groups excluding tert-OH is 1. The average Bonchev–Trinajstić information content (AvgIpc) is 2.77. The van der Waals surface area contributed by atoms with E-state index in [2.05, 4.69) is 0 Å². The molecule has 5 heteroatoms. The number of nitrogens with zero attached hydrogens (tertiary/aromatic N) is 1. The molecule has 1 N–H and O–H groups in total. The minimum Gasteiger partial charge on any atom is -0.394 e. The number of aliphatic hydroxyl groups is 1. The van der Waals surface area contributed by atoms with Crippen LogP contribution in [0.1, 0.15) is 17.9 Å². The summed E-state index contributed by atoms with van der Waals surface area (Å²) in [7, 11) is 0. The minimum absolute atomic E-state index is 0.0312. The smallest absolute Gasteiger partial charge is 0.269 e. The molecular formula is C11H13NO4. The van der Waals surface area contributed by atoms with Crippen LogP contribution < -0.4 is 0 Å². The maximum atomic E-state index is 10.5. The number of hydrogen-bond donors (Lipinski definition) is 1. The third-order valence-corrected chi connectivity index (χ3v) is 2.86. The highest BCUT2D eigenvalue weighted by Crippen LogP contribution is 2.30. The van der Waals surface area contributed by atoms with Crippen LogP contribution in [0.2, 0.25) is 0 Å². The standard InChI is InChI=1S/C11H13NO4/c13-6-11-5-9(7-16-11)8-1-3-10(4-2-8)12(14)15/h1-4,9,11,13H,5-7H2/t9-,11+/m0/s1. The van der Waals surface area contributed by atoms with E-state index in [1.807, 2.05) is 0 Å². The fourth-order valence-corrected chi connectivity index (χ4v) is 1.93. The van der Waals surface area contributed by atoms with Gasteiger partial charge in [0.15, 0.2) is 0 Å². The van der Waals surface area contributed by atoms with Gasteiger partial charge < -0.3 is 9.84 Å². The zero-order valence-electron chi connectivity index (χ0n) is 8.70. The van der Waals surface area contributed by atoms with Gasteiger partial charge in [-0.15, -0.1) is 0 Å². The van der Waals surface area contributed by atoms with Gasteiger partial charge in [0.05, 0.1) is 24.2 Å². The van der Waals surface area contributed by atoms with Gasteiger partial charge in [-0.05, 0) is 12.0 Å². The van der Waals surface area contributed by atoms with Crippen LogP contribution in [0.15, 0.2) is 24.3 Å². The Morgan fingerprint density at radius 2 is 2.12 bits per heavy atom. The van der Waals surface area contributed by atoms with Crippen molar-refractivity contribution < 1.29 is 14.8 Å². The summed E-state index contributed by atoms with van der Waals surface area (Å²) in [6.45, 7) is 0.604. The fraction of sp³-hybridized carbons (Fsp3) is 0.455. The molecule has 1 aliphatic heterocycles. The number of hydrogen-bond acceptors (Lipinski definition) is 4. The molecule has 0 spiro atoms. The molecule has 0 aliphatic carbocycles. The molecule has 1 aromatic rings. The molecule has 0 amide bonds. The first kappa shape index (κ1) is 11.0.